The summed E-state index contributed by atoms with van der Waals surface area (Å²) in [6.45, 7) is 21.3. The number of ether oxygens (including phenoxy) is 1. The Balaban J connectivity index is 1.41. The number of hydrogen-bond donors (Lipinski definition) is 1. The number of rotatable bonds is 6. The summed E-state index contributed by atoms with van der Waals surface area (Å²) in [7, 11) is -1.77. The van der Waals surface area contributed by atoms with Crippen molar-refractivity contribution in [3.63, 3.8) is 0 Å². The van der Waals surface area contributed by atoms with Crippen LogP contribution in [0, 0.1) is 28.6 Å². The van der Waals surface area contributed by atoms with Crippen LogP contribution in [0.5, 0.6) is 0 Å². The monoisotopic (exact) mass is 538 g/mol. The second-order valence-corrected chi connectivity index (χ2v) is 20.1. The largest absolute Gasteiger partial charge is 0.414 e. The second-order valence-electron chi connectivity index (χ2n) is 15.4. The SMILES string of the molecule is C=CCOC1(c2ccccc2)CC[C@@]2(O)[C@@H]3CCC4CC(O[Si](C)(C)C(C)(C)C)CC[C@]4(C)[C@@H]3CC[C@]12C. The molecule has 4 heteroatoms. The van der Waals surface area contributed by atoms with Gasteiger partial charge in [0.05, 0.1) is 12.2 Å². The van der Waals surface area contributed by atoms with Gasteiger partial charge >= 0.3 is 0 Å². The molecular weight excluding hydrogens is 484 g/mol. The van der Waals surface area contributed by atoms with Crippen molar-refractivity contribution < 1.29 is 14.3 Å². The number of benzene rings is 1. The summed E-state index contributed by atoms with van der Waals surface area (Å²) >= 11 is 0. The first-order valence-corrected chi connectivity index (χ1v) is 18.4. The van der Waals surface area contributed by atoms with Crippen LogP contribution in [0.4, 0.5) is 0 Å². The van der Waals surface area contributed by atoms with Crippen molar-refractivity contribution in [1.82, 2.24) is 0 Å². The Morgan fingerprint density at radius 3 is 2.34 bits per heavy atom. The fraction of sp³-hybridized carbons (Fsp3) is 0.765. The molecule has 0 saturated heterocycles. The van der Waals surface area contributed by atoms with Crippen LogP contribution in [0.3, 0.4) is 0 Å². The highest BCUT2D eigenvalue weighted by Gasteiger charge is 2.72. The highest BCUT2D eigenvalue weighted by atomic mass is 28.4. The zero-order chi connectivity index (χ0) is 27.6. The van der Waals surface area contributed by atoms with E-state index in [2.05, 4.69) is 84.6 Å². The Labute approximate surface area is 233 Å². The molecule has 0 radical (unpaired) electrons. The van der Waals surface area contributed by atoms with Crippen molar-refractivity contribution in [2.24, 2.45) is 28.6 Å². The summed E-state index contributed by atoms with van der Waals surface area (Å²) in [4.78, 5) is 0. The van der Waals surface area contributed by atoms with Crippen molar-refractivity contribution in [3.8, 4) is 0 Å². The summed E-state index contributed by atoms with van der Waals surface area (Å²) < 4.78 is 13.7. The van der Waals surface area contributed by atoms with E-state index in [0.29, 0.717) is 35.9 Å². The highest BCUT2D eigenvalue weighted by molar-refractivity contribution is 6.74. The molecule has 38 heavy (non-hydrogen) atoms. The van der Waals surface area contributed by atoms with E-state index in [1.54, 1.807) is 0 Å². The van der Waals surface area contributed by atoms with Crippen molar-refractivity contribution in [2.45, 2.75) is 128 Å². The van der Waals surface area contributed by atoms with E-state index in [4.69, 9.17) is 9.16 Å². The lowest BCUT2D eigenvalue weighted by Crippen LogP contribution is -2.65. The molecule has 3 unspecified atom stereocenters. The van der Waals surface area contributed by atoms with E-state index in [0.717, 1.165) is 25.7 Å². The molecule has 4 saturated carbocycles. The van der Waals surface area contributed by atoms with Gasteiger partial charge < -0.3 is 14.3 Å². The summed E-state index contributed by atoms with van der Waals surface area (Å²) in [5.41, 5.74) is 0.0520. The first-order chi connectivity index (χ1) is 17.7. The van der Waals surface area contributed by atoms with Crippen LogP contribution in [0.25, 0.3) is 0 Å². The van der Waals surface area contributed by atoms with E-state index in [9.17, 15) is 5.11 Å². The molecule has 8 atom stereocenters. The highest BCUT2D eigenvalue weighted by Crippen LogP contribution is 2.72. The molecule has 4 aliphatic rings. The predicted molar refractivity (Wildman–Crippen MR) is 160 cm³/mol. The maximum atomic E-state index is 12.8. The summed E-state index contributed by atoms with van der Waals surface area (Å²) in [5, 5.41) is 13.1. The molecule has 3 nitrogen and oxygen atoms in total. The molecule has 212 valence electrons. The molecule has 4 aliphatic carbocycles. The molecule has 0 aromatic heterocycles. The molecule has 1 N–H and O–H groups in total. The third-order valence-electron chi connectivity index (χ3n) is 12.9. The molecule has 1 aromatic carbocycles. The van der Waals surface area contributed by atoms with Gasteiger partial charge in [0.25, 0.3) is 0 Å². The van der Waals surface area contributed by atoms with Crippen LogP contribution >= 0.6 is 0 Å². The van der Waals surface area contributed by atoms with Gasteiger partial charge in [-0.2, -0.15) is 0 Å². The van der Waals surface area contributed by atoms with Gasteiger partial charge in [-0.1, -0.05) is 71.0 Å². The van der Waals surface area contributed by atoms with Crippen LogP contribution in [0.15, 0.2) is 43.0 Å². The number of fused-ring (bicyclic) bond motifs is 5. The van der Waals surface area contributed by atoms with Gasteiger partial charge in [-0.05, 0) is 105 Å². The molecule has 5 rings (SSSR count). The van der Waals surface area contributed by atoms with E-state index >= 15 is 0 Å². The minimum absolute atomic E-state index is 0.254. The van der Waals surface area contributed by atoms with Crippen LogP contribution in [0.1, 0.15) is 98.0 Å². The molecule has 0 aliphatic heterocycles. The Bertz CT molecular complexity index is 1020. The maximum absolute atomic E-state index is 12.8. The fourth-order valence-electron chi connectivity index (χ4n) is 9.57. The minimum atomic E-state index is -1.77. The first-order valence-electron chi connectivity index (χ1n) is 15.4. The average Bonchev–Trinajstić information content (AvgIpc) is 3.10. The first kappa shape index (κ1) is 28.6. The van der Waals surface area contributed by atoms with Crippen molar-refractivity contribution in [2.75, 3.05) is 6.61 Å². The van der Waals surface area contributed by atoms with Gasteiger partial charge in [0.1, 0.15) is 5.60 Å². The smallest absolute Gasteiger partial charge is 0.192 e. The van der Waals surface area contributed by atoms with Crippen molar-refractivity contribution >= 4 is 8.32 Å². The zero-order valence-corrected chi connectivity index (χ0v) is 26.3. The second kappa shape index (κ2) is 9.57. The van der Waals surface area contributed by atoms with Crippen LogP contribution in [-0.2, 0) is 14.8 Å². The Morgan fingerprint density at radius 2 is 1.68 bits per heavy atom. The Morgan fingerprint density at radius 1 is 0.974 bits per heavy atom. The van der Waals surface area contributed by atoms with E-state index in [1.807, 2.05) is 6.08 Å². The van der Waals surface area contributed by atoms with Crippen LogP contribution in [0.2, 0.25) is 18.1 Å². The Kier molecular flexibility index (Phi) is 7.20. The van der Waals surface area contributed by atoms with Crippen molar-refractivity contribution in [3.05, 3.63) is 48.6 Å². The molecule has 1 aromatic rings. The third-order valence-corrected chi connectivity index (χ3v) is 17.4. The van der Waals surface area contributed by atoms with E-state index in [1.165, 1.54) is 37.7 Å². The van der Waals surface area contributed by atoms with Gasteiger partial charge in [0.15, 0.2) is 8.32 Å². The molecule has 4 fully saturated rings. The van der Waals surface area contributed by atoms with Gasteiger partial charge in [0, 0.05) is 11.5 Å². The summed E-state index contributed by atoms with van der Waals surface area (Å²) in [6.07, 6.45) is 12.2. The van der Waals surface area contributed by atoms with Gasteiger partial charge in [-0.25, -0.2) is 0 Å². The number of aliphatic hydroxyl groups is 1. The third kappa shape index (κ3) is 4.06. The summed E-state index contributed by atoms with van der Waals surface area (Å²) in [6, 6.07) is 10.8. The summed E-state index contributed by atoms with van der Waals surface area (Å²) in [5.74, 6) is 1.63. The zero-order valence-electron chi connectivity index (χ0n) is 25.3. The lowest BCUT2D eigenvalue weighted by Gasteiger charge is -2.65. The van der Waals surface area contributed by atoms with E-state index in [-0.39, 0.29) is 10.5 Å². The lowest BCUT2D eigenvalue weighted by atomic mass is 9.42. The molecule has 0 amide bonds. The van der Waals surface area contributed by atoms with Gasteiger partial charge in [-0.15, -0.1) is 6.58 Å². The van der Waals surface area contributed by atoms with Gasteiger partial charge in [-0.3, -0.25) is 0 Å². The van der Waals surface area contributed by atoms with Crippen LogP contribution in [-0.4, -0.2) is 31.7 Å². The van der Waals surface area contributed by atoms with Gasteiger partial charge in [0.2, 0.25) is 0 Å². The normalized spacial score (nSPS) is 43.2. The quantitative estimate of drug-likeness (QED) is 0.291. The maximum Gasteiger partial charge on any atom is 0.192 e. The fourth-order valence-corrected chi connectivity index (χ4v) is 11.0. The van der Waals surface area contributed by atoms with Crippen LogP contribution < -0.4 is 0 Å². The topological polar surface area (TPSA) is 38.7 Å². The Hall–Kier alpha value is -0.943. The molecular formula is C34H54O3Si. The van der Waals surface area contributed by atoms with E-state index < -0.39 is 19.5 Å². The van der Waals surface area contributed by atoms with Crippen molar-refractivity contribution in [1.29, 1.82) is 0 Å². The molecule has 0 bridgehead atoms. The average molecular weight is 539 g/mol. The molecule has 0 spiro atoms. The lowest BCUT2D eigenvalue weighted by molar-refractivity contribution is -0.246. The molecule has 0 heterocycles. The number of hydrogen-bond acceptors (Lipinski definition) is 3. The predicted octanol–water partition coefficient (Wildman–Crippen LogP) is 8.63. The standard InChI is InChI=1S/C34H54O3Si/c1-9-23-36-34(25-13-11-10-12-14-25)22-21-33(35)29-16-15-26-24-27(37-38(7,8)30(2,3)4)17-19-31(26,5)28(29)18-20-32(33,34)6/h9-14,26-29,35H,1,15-24H2,2-8H3/t26?,27?,28-,29-,31+,32+,33-,34?/m1/s1. The minimum Gasteiger partial charge on any atom is -0.414 e.